The second-order valence-corrected chi connectivity index (χ2v) is 5.29. The zero-order valence-corrected chi connectivity index (χ0v) is 12.2. The van der Waals surface area contributed by atoms with Gasteiger partial charge in [0.25, 0.3) is 0 Å². The fraction of sp³-hybridized carbons (Fsp3) is 0.100. The average molecular weight is 376 g/mol. The second-order valence-electron chi connectivity index (χ2n) is 3.58. The molecule has 0 aliphatic rings. The van der Waals surface area contributed by atoms with Crippen LogP contribution in [0.2, 0.25) is 0 Å². The summed E-state index contributed by atoms with van der Waals surface area (Å²) < 4.78 is 3.24. The number of nitrogens with two attached hydrogens (primary N) is 1. The van der Waals surface area contributed by atoms with Gasteiger partial charge in [0.05, 0.1) is 11.5 Å². The van der Waals surface area contributed by atoms with Crippen LogP contribution in [-0.2, 0) is 6.54 Å². The maximum absolute atomic E-state index is 10.6. The summed E-state index contributed by atoms with van der Waals surface area (Å²) in [7, 11) is 0. The monoisotopic (exact) mass is 374 g/mol. The van der Waals surface area contributed by atoms with Crippen LogP contribution in [0.1, 0.15) is 5.56 Å². The summed E-state index contributed by atoms with van der Waals surface area (Å²) >= 11 is 6.76. The van der Waals surface area contributed by atoms with Gasteiger partial charge in [-0.05, 0) is 49.6 Å². The Morgan fingerprint density at radius 2 is 2.11 bits per heavy atom. The van der Waals surface area contributed by atoms with Crippen LogP contribution in [0.25, 0.3) is 0 Å². The summed E-state index contributed by atoms with van der Waals surface area (Å²) in [4.78, 5) is 10.1. The molecule has 2 N–H and O–H groups in total. The molecule has 0 radical (unpaired) electrons. The van der Waals surface area contributed by atoms with Crippen molar-refractivity contribution >= 4 is 43.4 Å². The summed E-state index contributed by atoms with van der Waals surface area (Å²) in [6, 6.07) is 5.67. The molecule has 2 aromatic rings. The van der Waals surface area contributed by atoms with E-state index >= 15 is 0 Å². The van der Waals surface area contributed by atoms with E-state index < -0.39 is 4.92 Å². The highest BCUT2D eigenvalue weighted by atomic mass is 79.9. The lowest BCUT2D eigenvalue weighted by atomic mass is 10.2. The van der Waals surface area contributed by atoms with Gasteiger partial charge in [-0.2, -0.15) is 5.10 Å². The minimum absolute atomic E-state index is 0.0547. The van der Waals surface area contributed by atoms with E-state index in [1.807, 2.05) is 18.2 Å². The van der Waals surface area contributed by atoms with Gasteiger partial charge in [-0.25, -0.2) is 4.68 Å². The number of hydrogen-bond donors (Lipinski definition) is 1. The molecule has 94 valence electrons. The van der Waals surface area contributed by atoms with Crippen LogP contribution >= 0.6 is 31.9 Å². The molecule has 0 bridgehead atoms. The number of aromatic nitrogens is 2. The van der Waals surface area contributed by atoms with Gasteiger partial charge < -0.3 is 5.73 Å². The molecule has 2 rings (SSSR count). The fourth-order valence-electron chi connectivity index (χ4n) is 1.46. The van der Waals surface area contributed by atoms with Crippen LogP contribution < -0.4 is 5.73 Å². The van der Waals surface area contributed by atoms with Crippen molar-refractivity contribution in [2.45, 2.75) is 6.54 Å². The van der Waals surface area contributed by atoms with Crippen molar-refractivity contribution in [3.63, 3.8) is 0 Å². The first-order chi connectivity index (χ1) is 8.49. The van der Waals surface area contributed by atoms with E-state index in [2.05, 4.69) is 37.0 Å². The molecule has 6 nitrogen and oxygen atoms in total. The summed E-state index contributed by atoms with van der Waals surface area (Å²) in [6.45, 7) is 0.381. The van der Waals surface area contributed by atoms with E-state index in [4.69, 9.17) is 5.73 Å². The third-order valence-corrected chi connectivity index (χ3v) is 4.25. The van der Waals surface area contributed by atoms with Crippen molar-refractivity contribution in [1.29, 1.82) is 0 Å². The molecule has 0 amide bonds. The van der Waals surface area contributed by atoms with Gasteiger partial charge in [0.2, 0.25) is 5.82 Å². The van der Waals surface area contributed by atoms with Crippen LogP contribution in [0.4, 0.5) is 11.5 Å². The fourth-order valence-corrected chi connectivity index (χ4v) is 2.14. The summed E-state index contributed by atoms with van der Waals surface area (Å²) in [5.74, 6) is 0.0547. The van der Waals surface area contributed by atoms with Crippen LogP contribution in [0.5, 0.6) is 0 Å². The minimum atomic E-state index is -0.545. The topological polar surface area (TPSA) is 87.0 Å². The molecule has 0 unspecified atom stereocenters. The first-order valence-corrected chi connectivity index (χ1v) is 6.47. The SMILES string of the molecule is Nc1c([N+](=O)[O-])cnn1Cc1ccc(Br)c(Br)c1. The van der Waals surface area contributed by atoms with Crippen molar-refractivity contribution in [2.24, 2.45) is 0 Å². The smallest absolute Gasteiger partial charge is 0.330 e. The van der Waals surface area contributed by atoms with Crippen molar-refractivity contribution in [3.05, 3.63) is 49.0 Å². The summed E-state index contributed by atoms with van der Waals surface area (Å²) in [5.41, 5.74) is 6.42. The van der Waals surface area contributed by atoms with Gasteiger partial charge in [0.15, 0.2) is 0 Å². The highest BCUT2D eigenvalue weighted by Crippen LogP contribution is 2.25. The molecule has 0 saturated carbocycles. The Labute approximate surface area is 119 Å². The van der Waals surface area contributed by atoms with E-state index in [9.17, 15) is 10.1 Å². The van der Waals surface area contributed by atoms with Crippen molar-refractivity contribution in [3.8, 4) is 0 Å². The lowest BCUT2D eigenvalue weighted by molar-refractivity contribution is -0.384. The van der Waals surface area contributed by atoms with Crippen LogP contribution in [0.15, 0.2) is 33.3 Å². The van der Waals surface area contributed by atoms with E-state index in [1.54, 1.807) is 0 Å². The van der Waals surface area contributed by atoms with Crippen LogP contribution in [0.3, 0.4) is 0 Å². The molecule has 18 heavy (non-hydrogen) atoms. The molecule has 1 heterocycles. The molecule has 0 atom stereocenters. The molecule has 1 aromatic heterocycles. The number of nitrogen functional groups attached to an aromatic ring is 1. The Morgan fingerprint density at radius 3 is 2.67 bits per heavy atom. The molecule has 0 spiro atoms. The van der Waals surface area contributed by atoms with E-state index in [0.29, 0.717) is 6.54 Å². The maximum atomic E-state index is 10.6. The molecular weight excluding hydrogens is 368 g/mol. The van der Waals surface area contributed by atoms with E-state index in [1.165, 1.54) is 4.68 Å². The van der Waals surface area contributed by atoms with Crippen molar-refractivity contribution in [2.75, 3.05) is 5.73 Å². The number of hydrogen-bond acceptors (Lipinski definition) is 4. The molecule has 0 fully saturated rings. The lowest BCUT2D eigenvalue weighted by Gasteiger charge is -2.05. The minimum Gasteiger partial charge on any atom is -0.378 e. The van der Waals surface area contributed by atoms with Gasteiger partial charge >= 0.3 is 5.69 Å². The zero-order valence-electron chi connectivity index (χ0n) is 9.01. The number of halogens is 2. The largest absolute Gasteiger partial charge is 0.378 e. The Bertz CT molecular complexity index is 612. The number of benzene rings is 1. The zero-order chi connectivity index (χ0) is 13.3. The highest BCUT2D eigenvalue weighted by Gasteiger charge is 2.17. The Balaban J connectivity index is 2.29. The Hall–Kier alpha value is -1.41. The standard InChI is InChI=1S/C10H8Br2N4O2/c11-7-2-1-6(3-8(7)12)5-15-10(13)9(4-14-15)16(17)18/h1-4H,5,13H2. The van der Waals surface area contributed by atoms with Gasteiger partial charge in [0.1, 0.15) is 6.20 Å². The predicted molar refractivity (Wildman–Crippen MR) is 74.2 cm³/mol. The van der Waals surface area contributed by atoms with Crippen molar-refractivity contribution < 1.29 is 4.92 Å². The Morgan fingerprint density at radius 1 is 1.39 bits per heavy atom. The molecular formula is C10H8Br2N4O2. The van der Waals surface area contributed by atoms with Gasteiger partial charge in [-0.3, -0.25) is 10.1 Å². The van der Waals surface area contributed by atoms with Crippen molar-refractivity contribution in [1.82, 2.24) is 9.78 Å². The quantitative estimate of drug-likeness (QED) is 0.659. The number of anilines is 1. The molecule has 0 aliphatic carbocycles. The van der Waals surface area contributed by atoms with Gasteiger partial charge in [0, 0.05) is 8.95 Å². The predicted octanol–water partition coefficient (Wildman–Crippen LogP) is 2.95. The second kappa shape index (κ2) is 5.07. The third-order valence-electron chi connectivity index (χ3n) is 2.37. The van der Waals surface area contributed by atoms with Gasteiger partial charge in [-0.1, -0.05) is 6.07 Å². The maximum Gasteiger partial charge on any atom is 0.330 e. The third kappa shape index (κ3) is 2.54. The van der Waals surface area contributed by atoms with Crippen LogP contribution in [0, 0.1) is 10.1 Å². The average Bonchev–Trinajstić information content (AvgIpc) is 2.66. The first kappa shape index (κ1) is 13.0. The summed E-state index contributed by atoms with van der Waals surface area (Å²) in [6.07, 6.45) is 1.16. The highest BCUT2D eigenvalue weighted by molar-refractivity contribution is 9.13. The van der Waals surface area contributed by atoms with E-state index in [-0.39, 0.29) is 11.5 Å². The number of nitrogens with zero attached hydrogens (tertiary/aromatic N) is 3. The molecule has 0 saturated heterocycles. The van der Waals surface area contributed by atoms with Gasteiger partial charge in [-0.15, -0.1) is 0 Å². The van der Waals surface area contributed by atoms with Crippen LogP contribution in [-0.4, -0.2) is 14.7 Å². The first-order valence-electron chi connectivity index (χ1n) is 4.88. The number of rotatable bonds is 3. The molecule has 0 aliphatic heterocycles. The number of nitro groups is 1. The van der Waals surface area contributed by atoms with E-state index in [0.717, 1.165) is 20.7 Å². The normalized spacial score (nSPS) is 10.6. The molecule has 1 aromatic carbocycles. The lowest BCUT2D eigenvalue weighted by Crippen LogP contribution is -2.06. The Kier molecular flexibility index (Phi) is 3.67. The molecule has 8 heteroatoms. The summed E-state index contributed by atoms with van der Waals surface area (Å²) in [5, 5.41) is 14.6.